The summed E-state index contributed by atoms with van der Waals surface area (Å²) in [5, 5.41) is 0. The minimum atomic E-state index is -3.17. The van der Waals surface area contributed by atoms with Gasteiger partial charge in [0.2, 0.25) is 10.0 Å². The zero-order valence-corrected chi connectivity index (χ0v) is 16.5. The Hall–Kier alpha value is -1.14. The van der Waals surface area contributed by atoms with Crippen molar-refractivity contribution in [2.45, 2.75) is 70.3 Å². The molecule has 0 N–H and O–H groups in total. The smallest absolute Gasteiger partial charge is 0.254 e. The molecule has 2 aliphatic heterocycles. The van der Waals surface area contributed by atoms with Crippen LogP contribution < -0.4 is 5.56 Å². The van der Waals surface area contributed by atoms with E-state index in [2.05, 4.69) is 6.07 Å². The highest BCUT2D eigenvalue weighted by Crippen LogP contribution is 2.37. The molecule has 0 radical (unpaired) electrons. The van der Waals surface area contributed by atoms with Crippen LogP contribution in [-0.4, -0.2) is 36.1 Å². The van der Waals surface area contributed by atoms with E-state index in [1.165, 1.54) is 19.3 Å². The summed E-state index contributed by atoms with van der Waals surface area (Å²) in [6, 6.07) is 4.16. The number of piperidine rings is 1. The van der Waals surface area contributed by atoms with Crippen molar-refractivity contribution < 1.29 is 8.42 Å². The molecular formula is C20H30N2O3S. The monoisotopic (exact) mass is 378 g/mol. The maximum Gasteiger partial charge on any atom is 0.254 e. The maximum atomic E-state index is 13.2. The second-order valence-corrected chi connectivity index (χ2v) is 10.5. The first-order valence-corrected chi connectivity index (χ1v) is 11.8. The predicted molar refractivity (Wildman–Crippen MR) is 103 cm³/mol. The van der Waals surface area contributed by atoms with Crippen LogP contribution in [0.15, 0.2) is 16.9 Å². The third-order valence-corrected chi connectivity index (χ3v) is 8.51. The molecule has 2 atom stereocenters. The van der Waals surface area contributed by atoms with Gasteiger partial charge in [0, 0.05) is 36.8 Å². The van der Waals surface area contributed by atoms with Crippen LogP contribution in [0, 0.1) is 5.92 Å². The molecular weight excluding hydrogens is 348 g/mol. The molecule has 1 aromatic rings. The van der Waals surface area contributed by atoms with Gasteiger partial charge in [-0.25, -0.2) is 12.7 Å². The van der Waals surface area contributed by atoms with Crippen molar-refractivity contribution >= 4 is 10.0 Å². The van der Waals surface area contributed by atoms with Gasteiger partial charge < -0.3 is 4.57 Å². The van der Waals surface area contributed by atoms with Crippen molar-refractivity contribution in [2.24, 2.45) is 5.92 Å². The van der Waals surface area contributed by atoms with E-state index in [-0.39, 0.29) is 23.1 Å². The molecule has 0 aromatic carbocycles. The quantitative estimate of drug-likeness (QED) is 0.809. The van der Waals surface area contributed by atoms with E-state index in [4.69, 9.17) is 0 Å². The van der Waals surface area contributed by atoms with Gasteiger partial charge in [0.1, 0.15) is 0 Å². The van der Waals surface area contributed by atoms with Gasteiger partial charge in [-0.1, -0.05) is 32.3 Å². The van der Waals surface area contributed by atoms with E-state index in [1.54, 1.807) is 4.31 Å². The number of rotatable bonds is 4. The summed E-state index contributed by atoms with van der Waals surface area (Å²) in [6.07, 6.45) is 7.64. The van der Waals surface area contributed by atoms with Gasteiger partial charge >= 0.3 is 0 Å². The lowest BCUT2D eigenvalue weighted by molar-refractivity contribution is 0.185. The second kappa shape index (κ2) is 7.12. The van der Waals surface area contributed by atoms with Gasteiger partial charge in [-0.2, -0.15) is 0 Å². The van der Waals surface area contributed by atoms with E-state index in [0.29, 0.717) is 32.0 Å². The number of hydrogen-bond donors (Lipinski definition) is 0. The standard InChI is InChI=1S/C20H30N2O3S/c1-2-10-26(24,25)21-12-15-11-17(14-21)19-9-8-18(20(23)22(19)13-15)16-6-4-3-5-7-16/h8-9,15-17H,2-7,10-14H2,1H3/t15-,17+/m0/s1. The van der Waals surface area contributed by atoms with Crippen LogP contribution in [-0.2, 0) is 16.6 Å². The Morgan fingerprint density at radius 1 is 1.04 bits per heavy atom. The molecule has 6 heteroatoms. The van der Waals surface area contributed by atoms with Gasteiger partial charge in [-0.3, -0.25) is 4.79 Å². The Labute approximate surface area is 156 Å². The molecule has 1 saturated heterocycles. The summed E-state index contributed by atoms with van der Waals surface area (Å²) in [6.45, 7) is 3.67. The summed E-state index contributed by atoms with van der Waals surface area (Å²) in [7, 11) is -3.17. The van der Waals surface area contributed by atoms with Gasteiger partial charge in [0.25, 0.3) is 5.56 Å². The molecule has 1 aliphatic carbocycles. The average Bonchev–Trinajstić information content (AvgIpc) is 2.63. The molecule has 4 rings (SSSR count). The van der Waals surface area contributed by atoms with Gasteiger partial charge in [-0.05, 0) is 43.6 Å². The van der Waals surface area contributed by atoms with Crippen molar-refractivity contribution in [2.75, 3.05) is 18.8 Å². The molecule has 1 saturated carbocycles. The molecule has 2 bridgehead atoms. The first-order chi connectivity index (χ1) is 12.5. The molecule has 3 aliphatic rings. The SMILES string of the molecule is CCCS(=O)(=O)N1C[C@@H]2C[C@H](C1)c1ccc(C3CCCCC3)c(=O)n1C2. The van der Waals surface area contributed by atoms with E-state index in [9.17, 15) is 13.2 Å². The van der Waals surface area contributed by atoms with Crippen LogP contribution in [0.4, 0.5) is 0 Å². The summed E-state index contributed by atoms with van der Waals surface area (Å²) in [5.41, 5.74) is 2.22. The van der Waals surface area contributed by atoms with E-state index in [1.807, 2.05) is 17.6 Å². The van der Waals surface area contributed by atoms with Crippen LogP contribution in [0.1, 0.15) is 75.0 Å². The third kappa shape index (κ3) is 3.26. The fourth-order valence-electron chi connectivity index (χ4n) is 5.26. The minimum absolute atomic E-state index is 0.155. The van der Waals surface area contributed by atoms with Gasteiger partial charge in [-0.15, -0.1) is 0 Å². The number of fused-ring (bicyclic) bond motifs is 4. The largest absolute Gasteiger partial charge is 0.312 e. The Morgan fingerprint density at radius 3 is 2.54 bits per heavy atom. The molecule has 26 heavy (non-hydrogen) atoms. The summed E-state index contributed by atoms with van der Waals surface area (Å²) in [5.74, 6) is 1.05. The molecule has 0 amide bonds. The number of aromatic nitrogens is 1. The van der Waals surface area contributed by atoms with Crippen molar-refractivity contribution in [3.63, 3.8) is 0 Å². The number of nitrogens with zero attached hydrogens (tertiary/aromatic N) is 2. The van der Waals surface area contributed by atoms with Crippen LogP contribution in [0.25, 0.3) is 0 Å². The minimum Gasteiger partial charge on any atom is -0.312 e. The molecule has 2 fully saturated rings. The number of hydrogen-bond acceptors (Lipinski definition) is 3. The lowest BCUT2D eigenvalue weighted by Crippen LogP contribution is -2.50. The third-order valence-electron chi connectivity index (χ3n) is 6.50. The van der Waals surface area contributed by atoms with Crippen LogP contribution in [0.3, 0.4) is 0 Å². The van der Waals surface area contributed by atoms with Crippen LogP contribution in [0.2, 0.25) is 0 Å². The maximum absolute atomic E-state index is 13.2. The first kappa shape index (κ1) is 18.2. The normalized spacial score (nSPS) is 27.3. The number of pyridine rings is 1. The summed E-state index contributed by atoms with van der Waals surface area (Å²) < 4.78 is 28.7. The number of sulfonamides is 1. The van der Waals surface area contributed by atoms with Crippen molar-refractivity contribution in [3.05, 3.63) is 33.7 Å². The van der Waals surface area contributed by atoms with Gasteiger partial charge in [0.05, 0.1) is 5.75 Å². The fraction of sp³-hybridized carbons (Fsp3) is 0.750. The topological polar surface area (TPSA) is 59.4 Å². The van der Waals surface area contributed by atoms with Crippen molar-refractivity contribution in [1.82, 2.24) is 8.87 Å². The summed E-state index contributed by atoms with van der Waals surface area (Å²) in [4.78, 5) is 13.2. The summed E-state index contributed by atoms with van der Waals surface area (Å²) >= 11 is 0. The molecule has 1 aromatic heterocycles. The Balaban J connectivity index is 1.63. The van der Waals surface area contributed by atoms with Gasteiger partial charge in [0.15, 0.2) is 0 Å². The highest BCUT2D eigenvalue weighted by Gasteiger charge is 2.39. The lowest BCUT2D eigenvalue weighted by atomic mass is 9.81. The zero-order chi connectivity index (χ0) is 18.3. The molecule has 5 nitrogen and oxygen atoms in total. The van der Waals surface area contributed by atoms with E-state index < -0.39 is 10.0 Å². The molecule has 0 spiro atoms. The Kier molecular flexibility index (Phi) is 4.99. The average molecular weight is 379 g/mol. The first-order valence-electron chi connectivity index (χ1n) is 10.2. The highest BCUT2D eigenvalue weighted by molar-refractivity contribution is 7.89. The molecule has 3 heterocycles. The zero-order valence-electron chi connectivity index (χ0n) is 15.7. The Morgan fingerprint density at radius 2 is 1.81 bits per heavy atom. The Bertz CT molecular complexity index is 824. The fourth-order valence-corrected chi connectivity index (χ4v) is 6.88. The van der Waals surface area contributed by atoms with E-state index in [0.717, 1.165) is 30.5 Å². The molecule has 0 unspecified atom stereocenters. The second-order valence-electron chi connectivity index (χ2n) is 8.40. The van der Waals surface area contributed by atoms with Crippen molar-refractivity contribution in [1.29, 1.82) is 0 Å². The van der Waals surface area contributed by atoms with E-state index >= 15 is 0 Å². The highest BCUT2D eigenvalue weighted by atomic mass is 32.2. The predicted octanol–water partition coefficient (Wildman–Crippen LogP) is 3.05. The van der Waals surface area contributed by atoms with Crippen molar-refractivity contribution in [3.8, 4) is 0 Å². The van der Waals surface area contributed by atoms with Crippen LogP contribution >= 0.6 is 0 Å². The molecule has 144 valence electrons. The lowest BCUT2D eigenvalue weighted by Gasteiger charge is -2.42. The van der Waals surface area contributed by atoms with Crippen LogP contribution in [0.5, 0.6) is 0 Å².